The second-order valence-electron chi connectivity index (χ2n) is 2.03. The van der Waals surface area contributed by atoms with Crippen LogP contribution >= 0.6 is 7.75 Å². The third kappa shape index (κ3) is 2.06. The maximum absolute atomic E-state index is 11.3. The minimum atomic E-state index is -2.86. The quantitative estimate of drug-likeness (QED) is 0.623. The minimum Gasteiger partial charge on any atom is -0.297 e. The molecule has 0 aliphatic carbocycles. The minimum absolute atomic E-state index is 0.532. The first-order valence-electron chi connectivity index (χ1n) is 3.41. The molecule has 0 saturated carbocycles. The lowest BCUT2D eigenvalue weighted by atomic mass is 10.5. The number of nitrogens with one attached hydrogen (secondary N) is 1. The standard InChI is InChI=1S/C5H12NO3P/c1-2-6-10(7)8-4-3-5-9-10/h2-5H2,1H3,(H,6,7). The number of rotatable bonds is 2. The fraction of sp³-hybridized carbons (Fsp3) is 1.00. The van der Waals surface area contributed by atoms with Crippen LogP contribution in [0.4, 0.5) is 0 Å². The molecule has 0 spiro atoms. The Hall–Kier alpha value is 0.110. The molecular weight excluding hydrogens is 153 g/mol. The van der Waals surface area contributed by atoms with Crippen molar-refractivity contribution in [2.24, 2.45) is 0 Å². The molecule has 0 bridgehead atoms. The van der Waals surface area contributed by atoms with Crippen molar-refractivity contribution in [3.05, 3.63) is 0 Å². The average molecular weight is 165 g/mol. The van der Waals surface area contributed by atoms with Gasteiger partial charge in [0.2, 0.25) is 0 Å². The SMILES string of the molecule is CCNP1(=O)OCCCO1. The topological polar surface area (TPSA) is 47.6 Å². The first-order valence-corrected chi connectivity index (χ1v) is 4.95. The van der Waals surface area contributed by atoms with Gasteiger partial charge in [0.15, 0.2) is 0 Å². The fourth-order valence-corrected chi connectivity index (χ4v) is 2.13. The van der Waals surface area contributed by atoms with E-state index in [1.807, 2.05) is 6.92 Å². The molecule has 0 aromatic carbocycles. The Kier molecular flexibility index (Phi) is 2.86. The summed E-state index contributed by atoms with van der Waals surface area (Å²) in [5.74, 6) is 0. The highest BCUT2D eigenvalue weighted by Crippen LogP contribution is 2.45. The van der Waals surface area contributed by atoms with Gasteiger partial charge < -0.3 is 0 Å². The van der Waals surface area contributed by atoms with Gasteiger partial charge in [-0.25, -0.2) is 9.65 Å². The van der Waals surface area contributed by atoms with Gasteiger partial charge in [-0.1, -0.05) is 6.92 Å². The molecule has 0 atom stereocenters. The molecule has 5 heteroatoms. The molecule has 1 heterocycles. The lowest BCUT2D eigenvalue weighted by Gasteiger charge is -2.22. The Morgan fingerprint density at radius 2 is 2.10 bits per heavy atom. The molecule has 1 rings (SSSR count). The smallest absolute Gasteiger partial charge is 0.297 e. The van der Waals surface area contributed by atoms with Gasteiger partial charge in [-0.2, -0.15) is 0 Å². The molecule has 60 valence electrons. The van der Waals surface area contributed by atoms with Crippen LogP contribution in [-0.4, -0.2) is 19.8 Å². The molecule has 0 aromatic rings. The molecule has 10 heavy (non-hydrogen) atoms. The van der Waals surface area contributed by atoms with E-state index in [9.17, 15) is 4.57 Å². The van der Waals surface area contributed by atoms with Crippen molar-refractivity contribution in [3.8, 4) is 0 Å². The van der Waals surface area contributed by atoms with Crippen LogP contribution in [-0.2, 0) is 13.6 Å². The van der Waals surface area contributed by atoms with Crippen molar-refractivity contribution in [3.63, 3.8) is 0 Å². The predicted molar refractivity (Wildman–Crippen MR) is 37.8 cm³/mol. The van der Waals surface area contributed by atoms with Gasteiger partial charge in [0.05, 0.1) is 13.2 Å². The van der Waals surface area contributed by atoms with Gasteiger partial charge >= 0.3 is 7.75 Å². The van der Waals surface area contributed by atoms with E-state index in [0.717, 1.165) is 6.42 Å². The van der Waals surface area contributed by atoms with Gasteiger partial charge in [0.1, 0.15) is 0 Å². The largest absolute Gasteiger partial charge is 0.405 e. The van der Waals surface area contributed by atoms with Crippen molar-refractivity contribution in [2.75, 3.05) is 19.8 Å². The lowest BCUT2D eigenvalue weighted by Crippen LogP contribution is -2.19. The van der Waals surface area contributed by atoms with E-state index in [0.29, 0.717) is 19.8 Å². The summed E-state index contributed by atoms with van der Waals surface area (Å²) in [6.07, 6.45) is 0.829. The third-order valence-electron chi connectivity index (χ3n) is 1.16. The van der Waals surface area contributed by atoms with Crippen molar-refractivity contribution in [1.29, 1.82) is 0 Å². The van der Waals surface area contributed by atoms with E-state index in [1.165, 1.54) is 0 Å². The molecule has 0 radical (unpaired) electrons. The van der Waals surface area contributed by atoms with Gasteiger partial charge in [0, 0.05) is 6.54 Å². The molecule has 1 saturated heterocycles. The summed E-state index contributed by atoms with van der Waals surface area (Å²) in [6.45, 7) is 3.53. The maximum Gasteiger partial charge on any atom is 0.405 e. The van der Waals surface area contributed by atoms with Crippen molar-refractivity contribution in [2.45, 2.75) is 13.3 Å². The van der Waals surface area contributed by atoms with E-state index in [2.05, 4.69) is 5.09 Å². The van der Waals surface area contributed by atoms with E-state index in [1.54, 1.807) is 0 Å². The zero-order valence-corrected chi connectivity index (χ0v) is 6.89. The van der Waals surface area contributed by atoms with Crippen LogP contribution in [0.25, 0.3) is 0 Å². The van der Waals surface area contributed by atoms with Crippen molar-refractivity contribution >= 4 is 7.75 Å². The monoisotopic (exact) mass is 165 g/mol. The van der Waals surface area contributed by atoms with Crippen LogP contribution in [0.15, 0.2) is 0 Å². The summed E-state index contributed by atoms with van der Waals surface area (Å²) in [6, 6.07) is 0. The van der Waals surface area contributed by atoms with Crippen molar-refractivity contribution in [1.82, 2.24) is 5.09 Å². The summed E-state index contributed by atoms with van der Waals surface area (Å²) in [5.41, 5.74) is 0. The Labute approximate surface area is 60.5 Å². The van der Waals surface area contributed by atoms with Crippen LogP contribution in [0.1, 0.15) is 13.3 Å². The zero-order valence-electron chi connectivity index (χ0n) is 6.00. The van der Waals surface area contributed by atoms with Crippen LogP contribution in [0.5, 0.6) is 0 Å². The molecular formula is C5H12NO3P. The van der Waals surface area contributed by atoms with E-state index in [4.69, 9.17) is 9.05 Å². The van der Waals surface area contributed by atoms with Gasteiger partial charge in [-0.15, -0.1) is 0 Å². The number of hydrogen-bond donors (Lipinski definition) is 1. The molecule has 1 aliphatic rings. The van der Waals surface area contributed by atoms with Crippen LogP contribution in [0, 0.1) is 0 Å². The van der Waals surface area contributed by atoms with Crippen LogP contribution < -0.4 is 5.09 Å². The first kappa shape index (κ1) is 8.21. The van der Waals surface area contributed by atoms with E-state index >= 15 is 0 Å². The average Bonchev–Trinajstić information content (AvgIpc) is 1.89. The van der Waals surface area contributed by atoms with Crippen LogP contribution in [0.2, 0.25) is 0 Å². The molecule has 1 fully saturated rings. The van der Waals surface area contributed by atoms with Crippen LogP contribution in [0.3, 0.4) is 0 Å². The maximum atomic E-state index is 11.3. The van der Waals surface area contributed by atoms with Crippen molar-refractivity contribution < 1.29 is 13.6 Å². The van der Waals surface area contributed by atoms with Gasteiger partial charge in [-0.3, -0.25) is 9.05 Å². The van der Waals surface area contributed by atoms with Gasteiger partial charge in [-0.05, 0) is 6.42 Å². The normalized spacial score (nSPS) is 24.5. The summed E-state index contributed by atoms with van der Waals surface area (Å²) in [5, 5.41) is 2.67. The zero-order chi connectivity index (χ0) is 7.45. The molecule has 0 unspecified atom stereocenters. The molecule has 0 aromatic heterocycles. The second-order valence-corrected chi connectivity index (χ2v) is 3.86. The third-order valence-corrected chi connectivity index (χ3v) is 2.91. The number of hydrogen-bond acceptors (Lipinski definition) is 3. The lowest BCUT2D eigenvalue weighted by molar-refractivity contribution is 0.139. The molecule has 4 nitrogen and oxygen atoms in total. The highest BCUT2D eigenvalue weighted by Gasteiger charge is 2.25. The highest BCUT2D eigenvalue weighted by atomic mass is 31.2. The fourth-order valence-electron chi connectivity index (χ4n) is 0.751. The molecule has 1 aliphatic heterocycles. The Bertz CT molecular complexity index is 132. The Balaban J connectivity index is 2.41. The van der Waals surface area contributed by atoms with Gasteiger partial charge in [0.25, 0.3) is 0 Å². The van der Waals surface area contributed by atoms with E-state index < -0.39 is 7.75 Å². The summed E-state index contributed by atoms with van der Waals surface area (Å²) < 4.78 is 21.1. The first-order chi connectivity index (χ1) is 4.77. The summed E-state index contributed by atoms with van der Waals surface area (Å²) >= 11 is 0. The highest BCUT2D eigenvalue weighted by molar-refractivity contribution is 7.51. The summed E-state index contributed by atoms with van der Waals surface area (Å²) in [7, 11) is -2.86. The molecule has 1 N–H and O–H groups in total. The second kappa shape index (κ2) is 3.49. The Morgan fingerprint density at radius 3 is 2.60 bits per heavy atom. The predicted octanol–water partition coefficient (Wildman–Crippen LogP) is 1.14. The molecule has 0 amide bonds. The van der Waals surface area contributed by atoms with E-state index in [-0.39, 0.29) is 0 Å². The Morgan fingerprint density at radius 1 is 1.50 bits per heavy atom. The summed E-state index contributed by atoms with van der Waals surface area (Å²) in [4.78, 5) is 0.